The Bertz CT molecular complexity index is 556. The van der Waals surface area contributed by atoms with Crippen LogP contribution in [0.5, 0.6) is 0 Å². The van der Waals surface area contributed by atoms with E-state index in [4.69, 9.17) is 4.98 Å². The number of piperidine rings is 1. The third-order valence-electron chi connectivity index (χ3n) is 4.22. The fraction of sp³-hybridized carbons (Fsp3) is 0.471. The number of hydrogen-bond donors (Lipinski definition) is 1. The molecule has 100 valence electrons. The Balaban J connectivity index is 1.78. The van der Waals surface area contributed by atoms with Crippen molar-refractivity contribution in [3.8, 4) is 0 Å². The lowest BCUT2D eigenvalue weighted by Crippen LogP contribution is -2.27. The highest BCUT2D eigenvalue weighted by Crippen LogP contribution is 2.23. The van der Waals surface area contributed by atoms with E-state index in [-0.39, 0.29) is 0 Å². The topological polar surface area (TPSA) is 24.9 Å². The van der Waals surface area contributed by atoms with Gasteiger partial charge < -0.3 is 5.32 Å². The minimum Gasteiger partial charge on any atom is -0.317 e. The summed E-state index contributed by atoms with van der Waals surface area (Å²) in [6, 6.07) is 10.9. The third kappa shape index (κ3) is 2.95. The van der Waals surface area contributed by atoms with Crippen molar-refractivity contribution in [2.75, 3.05) is 13.1 Å². The fourth-order valence-electron chi connectivity index (χ4n) is 3.04. The summed E-state index contributed by atoms with van der Waals surface area (Å²) in [5, 5.41) is 4.71. The molecule has 0 bridgehead atoms. The zero-order chi connectivity index (χ0) is 13.1. The van der Waals surface area contributed by atoms with Crippen LogP contribution in [0, 0.1) is 12.8 Å². The number of para-hydroxylation sites is 1. The molecule has 1 aromatic carbocycles. The first-order valence-corrected chi connectivity index (χ1v) is 7.39. The Morgan fingerprint density at radius 1 is 1.16 bits per heavy atom. The van der Waals surface area contributed by atoms with Gasteiger partial charge in [0.15, 0.2) is 0 Å². The highest BCUT2D eigenvalue weighted by Gasteiger charge is 2.13. The van der Waals surface area contributed by atoms with Gasteiger partial charge in [0.25, 0.3) is 0 Å². The van der Waals surface area contributed by atoms with Crippen molar-refractivity contribution in [1.82, 2.24) is 10.3 Å². The number of hydrogen-bond acceptors (Lipinski definition) is 2. The van der Waals surface area contributed by atoms with E-state index in [0.29, 0.717) is 0 Å². The van der Waals surface area contributed by atoms with E-state index in [0.717, 1.165) is 11.6 Å². The molecule has 1 N–H and O–H groups in total. The van der Waals surface area contributed by atoms with Gasteiger partial charge in [-0.3, -0.25) is 4.98 Å². The van der Waals surface area contributed by atoms with E-state index in [1.54, 1.807) is 0 Å². The summed E-state index contributed by atoms with van der Waals surface area (Å²) in [6.45, 7) is 4.46. The summed E-state index contributed by atoms with van der Waals surface area (Å²) >= 11 is 0. The monoisotopic (exact) mass is 254 g/mol. The largest absolute Gasteiger partial charge is 0.317 e. The second kappa shape index (κ2) is 5.70. The maximum Gasteiger partial charge on any atom is 0.0737 e. The summed E-state index contributed by atoms with van der Waals surface area (Å²) in [7, 11) is 0. The number of aromatic nitrogens is 1. The van der Waals surface area contributed by atoms with E-state index in [1.807, 2.05) is 0 Å². The number of benzene rings is 1. The van der Waals surface area contributed by atoms with Gasteiger partial charge in [0, 0.05) is 11.1 Å². The average molecular weight is 254 g/mol. The van der Waals surface area contributed by atoms with Crippen LogP contribution in [-0.2, 0) is 6.42 Å². The molecule has 0 radical (unpaired) electrons. The van der Waals surface area contributed by atoms with Crippen LogP contribution in [0.2, 0.25) is 0 Å². The van der Waals surface area contributed by atoms with Crippen molar-refractivity contribution in [2.45, 2.75) is 32.6 Å². The Morgan fingerprint density at radius 2 is 2.00 bits per heavy atom. The van der Waals surface area contributed by atoms with Crippen molar-refractivity contribution in [3.05, 3.63) is 41.6 Å². The van der Waals surface area contributed by atoms with Crippen molar-refractivity contribution in [1.29, 1.82) is 0 Å². The van der Waals surface area contributed by atoms with Crippen molar-refractivity contribution in [3.63, 3.8) is 0 Å². The highest BCUT2D eigenvalue weighted by atomic mass is 14.9. The molecule has 1 aromatic heterocycles. The number of aryl methyl sites for hydroxylation is 2. The molecule has 0 unspecified atom stereocenters. The van der Waals surface area contributed by atoms with E-state index >= 15 is 0 Å². The number of fused-ring (bicyclic) bond motifs is 1. The van der Waals surface area contributed by atoms with E-state index in [1.165, 1.54) is 55.2 Å². The summed E-state index contributed by atoms with van der Waals surface area (Å²) in [6.07, 6.45) is 5.13. The molecule has 2 aromatic rings. The molecule has 2 nitrogen and oxygen atoms in total. The Morgan fingerprint density at radius 3 is 2.84 bits per heavy atom. The predicted octanol–water partition coefficient (Wildman–Crippen LogP) is 3.48. The highest BCUT2D eigenvalue weighted by molar-refractivity contribution is 5.81. The van der Waals surface area contributed by atoms with Gasteiger partial charge in [0.1, 0.15) is 0 Å². The van der Waals surface area contributed by atoms with Crippen molar-refractivity contribution < 1.29 is 0 Å². The maximum absolute atomic E-state index is 4.73. The first-order chi connectivity index (χ1) is 9.33. The van der Waals surface area contributed by atoms with Gasteiger partial charge in [-0.1, -0.05) is 24.3 Å². The zero-order valence-corrected chi connectivity index (χ0v) is 11.7. The molecule has 1 fully saturated rings. The van der Waals surface area contributed by atoms with Crippen LogP contribution in [0.25, 0.3) is 10.9 Å². The minimum atomic E-state index is 0.890. The molecule has 1 aliphatic heterocycles. The Kier molecular flexibility index (Phi) is 3.79. The van der Waals surface area contributed by atoms with Crippen LogP contribution < -0.4 is 5.32 Å². The lowest BCUT2D eigenvalue weighted by atomic mass is 9.91. The fourth-order valence-corrected chi connectivity index (χ4v) is 3.04. The summed E-state index contributed by atoms with van der Waals surface area (Å²) in [4.78, 5) is 4.73. The molecule has 0 spiro atoms. The second-order valence-electron chi connectivity index (χ2n) is 5.67. The Labute approximate surface area is 115 Å². The smallest absolute Gasteiger partial charge is 0.0737 e. The normalized spacial score (nSPS) is 16.9. The molecular formula is C17H22N2. The molecule has 0 atom stereocenters. The van der Waals surface area contributed by atoms with Crippen LogP contribution in [-0.4, -0.2) is 18.1 Å². The summed E-state index contributed by atoms with van der Waals surface area (Å²) in [5.41, 5.74) is 3.73. The van der Waals surface area contributed by atoms with Crippen LogP contribution >= 0.6 is 0 Å². The van der Waals surface area contributed by atoms with Gasteiger partial charge in [-0.05, 0) is 63.2 Å². The number of rotatable bonds is 3. The lowest BCUT2D eigenvalue weighted by molar-refractivity contribution is 0.354. The van der Waals surface area contributed by atoms with Crippen LogP contribution in [0.3, 0.4) is 0 Å². The molecule has 19 heavy (non-hydrogen) atoms. The zero-order valence-electron chi connectivity index (χ0n) is 11.7. The summed E-state index contributed by atoms with van der Waals surface area (Å²) in [5.74, 6) is 0.890. The lowest BCUT2D eigenvalue weighted by Gasteiger charge is -2.22. The molecule has 1 saturated heterocycles. The molecule has 1 aliphatic rings. The van der Waals surface area contributed by atoms with E-state index in [2.05, 4.69) is 42.6 Å². The molecule has 3 rings (SSSR count). The van der Waals surface area contributed by atoms with Gasteiger partial charge in [-0.15, -0.1) is 0 Å². The molecule has 2 heteroatoms. The molecule has 0 amide bonds. The first-order valence-electron chi connectivity index (χ1n) is 7.39. The quantitative estimate of drug-likeness (QED) is 0.907. The van der Waals surface area contributed by atoms with E-state index in [9.17, 15) is 0 Å². The first kappa shape index (κ1) is 12.6. The average Bonchev–Trinajstić information content (AvgIpc) is 2.46. The van der Waals surface area contributed by atoms with Crippen molar-refractivity contribution >= 4 is 10.9 Å². The number of nitrogens with one attached hydrogen (secondary N) is 1. The third-order valence-corrected chi connectivity index (χ3v) is 4.22. The van der Waals surface area contributed by atoms with Crippen LogP contribution in [0.4, 0.5) is 0 Å². The molecule has 0 aliphatic carbocycles. The van der Waals surface area contributed by atoms with Gasteiger partial charge in [0.05, 0.1) is 5.52 Å². The van der Waals surface area contributed by atoms with Gasteiger partial charge >= 0.3 is 0 Å². The minimum absolute atomic E-state index is 0.890. The second-order valence-corrected chi connectivity index (χ2v) is 5.67. The van der Waals surface area contributed by atoms with E-state index < -0.39 is 0 Å². The van der Waals surface area contributed by atoms with Crippen molar-refractivity contribution in [2.24, 2.45) is 5.92 Å². The molecule has 2 heterocycles. The number of pyridine rings is 1. The number of nitrogens with zero attached hydrogens (tertiary/aromatic N) is 1. The molecular weight excluding hydrogens is 232 g/mol. The van der Waals surface area contributed by atoms with Gasteiger partial charge in [-0.25, -0.2) is 0 Å². The van der Waals surface area contributed by atoms with Gasteiger partial charge in [-0.2, -0.15) is 0 Å². The summed E-state index contributed by atoms with van der Waals surface area (Å²) < 4.78 is 0. The van der Waals surface area contributed by atoms with Crippen LogP contribution in [0.1, 0.15) is 30.5 Å². The maximum atomic E-state index is 4.73. The predicted molar refractivity (Wildman–Crippen MR) is 80.4 cm³/mol. The SMILES string of the molecule is Cc1ccc2cccc(CCC3CCNCC3)c2n1. The van der Waals surface area contributed by atoms with Gasteiger partial charge in [0.2, 0.25) is 0 Å². The van der Waals surface area contributed by atoms with Crippen LogP contribution in [0.15, 0.2) is 30.3 Å². The molecule has 0 saturated carbocycles. The standard InChI is InChI=1S/C17H22N2/c1-13-5-7-15-3-2-4-16(17(15)19-13)8-6-14-9-11-18-12-10-14/h2-5,7,14,18H,6,8-12H2,1H3. The Hall–Kier alpha value is -1.41.